The lowest BCUT2D eigenvalue weighted by Crippen LogP contribution is -2.37. The number of aryl methyl sites for hydroxylation is 1. The third kappa shape index (κ3) is 4.14. The molecule has 1 aromatic carbocycles. The van der Waals surface area contributed by atoms with E-state index in [0.29, 0.717) is 12.0 Å². The Hall–Kier alpha value is -0.860. The van der Waals surface area contributed by atoms with Gasteiger partial charge in [-0.05, 0) is 36.5 Å². The van der Waals surface area contributed by atoms with Crippen LogP contribution in [-0.4, -0.2) is 19.8 Å². The van der Waals surface area contributed by atoms with Gasteiger partial charge in [-0.15, -0.1) is 0 Å². The molecule has 0 aliphatic heterocycles. The SMILES string of the molecule is COCC(NCc1cccc(C)c1C)C(C)C. The van der Waals surface area contributed by atoms with Crippen molar-refractivity contribution < 1.29 is 4.74 Å². The second-order valence-corrected chi connectivity index (χ2v) is 5.05. The maximum absolute atomic E-state index is 5.25. The molecular formula is C15H25NO. The van der Waals surface area contributed by atoms with E-state index in [0.717, 1.165) is 13.2 Å². The van der Waals surface area contributed by atoms with Crippen LogP contribution in [-0.2, 0) is 11.3 Å². The first-order chi connectivity index (χ1) is 8.06. The van der Waals surface area contributed by atoms with E-state index in [4.69, 9.17) is 4.74 Å². The predicted octanol–water partition coefficient (Wildman–Crippen LogP) is 3.06. The minimum Gasteiger partial charge on any atom is -0.383 e. The molecule has 1 unspecified atom stereocenters. The van der Waals surface area contributed by atoms with Gasteiger partial charge in [0.2, 0.25) is 0 Å². The highest BCUT2D eigenvalue weighted by molar-refractivity contribution is 5.32. The van der Waals surface area contributed by atoms with Gasteiger partial charge in [-0.25, -0.2) is 0 Å². The highest BCUT2D eigenvalue weighted by Gasteiger charge is 2.12. The summed E-state index contributed by atoms with van der Waals surface area (Å²) in [5, 5.41) is 3.58. The van der Waals surface area contributed by atoms with Crippen LogP contribution in [0, 0.1) is 19.8 Å². The van der Waals surface area contributed by atoms with E-state index in [1.165, 1.54) is 16.7 Å². The molecule has 0 radical (unpaired) electrons. The highest BCUT2D eigenvalue weighted by Crippen LogP contribution is 2.13. The van der Waals surface area contributed by atoms with Crippen LogP contribution in [0.25, 0.3) is 0 Å². The normalized spacial score (nSPS) is 13.1. The molecule has 1 N–H and O–H groups in total. The molecule has 0 saturated heterocycles. The number of methoxy groups -OCH3 is 1. The van der Waals surface area contributed by atoms with Crippen molar-refractivity contribution in [2.24, 2.45) is 5.92 Å². The third-order valence-electron chi connectivity index (χ3n) is 3.42. The van der Waals surface area contributed by atoms with Crippen molar-refractivity contribution >= 4 is 0 Å². The number of rotatable bonds is 6. The second-order valence-electron chi connectivity index (χ2n) is 5.05. The van der Waals surface area contributed by atoms with E-state index in [1.807, 2.05) is 0 Å². The van der Waals surface area contributed by atoms with E-state index in [9.17, 15) is 0 Å². The van der Waals surface area contributed by atoms with Crippen molar-refractivity contribution in [2.45, 2.75) is 40.3 Å². The molecule has 1 atom stereocenters. The lowest BCUT2D eigenvalue weighted by molar-refractivity contribution is 0.146. The van der Waals surface area contributed by atoms with Crippen LogP contribution in [0.2, 0.25) is 0 Å². The molecule has 0 bridgehead atoms. The lowest BCUT2D eigenvalue weighted by atomic mass is 10.0. The molecule has 0 fully saturated rings. The maximum Gasteiger partial charge on any atom is 0.0618 e. The van der Waals surface area contributed by atoms with Crippen molar-refractivity contribution in [3.05, 3.63) is 34.9 Å². The van der Waals surface area contributed by atoms with Crippen molar-refractivity contribution in [1.29, 1.82) is 0 Å². The van der Waals surface area contributed by atoms with Crippen molar-refractivity contribution in [2.75, 3.05) is 13.7 Å². The number of ether oxygens (including phenoxy) is 1. The van der Waals surface area contributed by atoms with Crippen LogP contribution < -0.4 is 5.32 Å². The van der Waals surface area contributed by atoms with Crippen LogP contribution in [0.15, 0.2) is 18.2 Å². The summed E-state index contributed by atoms with van der Waals surface area (Å²) in [7, 11) is 1.76. The Kier molecular flexibility index (Phi) is 5.66. The van der Waals surface area contributed by atoms with Gasteiger partial charge in [0.15, 0.2) is 0 Å². The summed E-state index contributed by atoms with van der Waals surface area (Å²) in [5.41, 5.74) is 4.13. The Morgan fingerprint density at radius 1 is 1.24 bits per heavy atom. The summed E-state index contributed by atoms with van der Waals surface area (Å²) in [6.45, 7) is 10.5. The molecule has 1 aromatic rings. The molecule has 0 aliphatic rings. The molecule has 0 heterocycles. The Morgan fingerprint density at radius 3 is 2.53 bits per heavy atom. The van der Waals surface area contributed by atoms with Crippen LogP contribution in [0.1, 0.15) is 30.5 Å². The summed E-state index contributed by atoms with van der Waals surface area (Å²) in [6, 6.07) is 6.90. The fourth-order valence-corrected chi connectivity index (χ4v) is 1.91. The number of hydrogen-bond acceptors (Lipinski definition) is 2. The van der Waals surface area contributed by atoms with Gasteiger partial charge in [0.1, 0.15) is 0 Å². The average Bonchev–Trinajstić information content (AvgIpc) is 2.29. The Morgan fingerprint density at radius 2 is 1.94 bits per heavy atom. The predicted molar refractivity (Wildman–Crippen MR) is 73.3 cm³/mol. The largest absolute Gasteiger partial charge is 0.383 e. The summed E-state index contributed by atoms with van der Waals surface area (Å²) < 4.78 is 5.25. The van der Waals surface area contributed by atoms with Gasteiger partial charge in [0.05, 0.1) is 6.61 Å². The summed E-state index contributed by atoms with van der Waals surface area (Å²) in [6.07, 6.45) is 0. The Bertz CT molecular complexity index is 347. The van der Waals surface area contributed by atoms with Gasteiger partial charge in [-0.1, -0.05) is 32.0 Å². The zero-order valence-corrected chi connectivity index (χ0v) is 11.7. The molecule has 0 spiro atoms. The topological polar surface area (TPSA) is 21.3 Å². The highest BCUT2D eigenvalue weighted by atomic mass is 16.5. The zero-order chi connectivity index (χ0) is 12.8. The van der Waals surface area contributed by atoms with Gasteiger partial charge in [0.25, 0.3) is 0 Å². The quantitative estimate of drug-likeness (QED) is 0.818. The molecule has 0 saturated carbocycles. The molecule has 96 valence electrons. The smallest absolute Gasteiger partial charge is 0.0618 e. The van der Waals surface area contributed by atoms with Gasteiger partial charge >= 0.3 is 0 Å². The second kappa shape index (κ2) is 6.77. The van der Waals surface area contributed by atoms with Crippen LogP contribution in [0.5, 0.6) is 0 Å². The zero-order valence-electron chi connectivity index (χ0n) is 11.7. The minimum atomic E-state index is 0.417. The molecule has 0 amide bonds. The van der Waals surface area contributed by atoms with Crippen molar-refractivity contribution in [3.63, 3.8) is 0 Å². The molecule has 0 aromatic heterocycles. The molecule has 2 nitrogen and oxygen atoms in total. The fourth-order valence-electron chi connectivity index (χ4n) is 1.91. The van der Waals surface area contributed by atoms with Gasteiger partial charge in [-0.3, -0.25) is 0 Å². The molecule has 1 rings (SSSR count). The molecule has 17 heavy (non-hydrogen) atoms. The van der Waals surface area contributed by atoms with E-state index >= 15 is 0 Å². The van der Waals surface area contributed by atoms with E-state index in [2.05, 4.69) is 51.2 Å². The maximum atomic E-state index is 5.25. The Balaban J connectivity index is 2.62. The first kappa shape index (κ1) is 14.2. The van der Waals surface area contributed by atoms with Crippen LogP contribution in [0.3, 0.4) is 0 Å². The summed E-state index contributed by atoms with van der Waals surface area (Å²) in [5.74, 6) is 0.583. The molecule has 0 aliphatic carbocycles. The average molecular weight is 235 g/mol. The lowest BCUT2D eigenvalue weighted by Gasteiger charge is -2.22. The van der Waals surface area contributed by atoms with E-state index in [1.54, 1.807) is 7.11 Å². The fraction of sp³-hybridized carbons (Fsp3) is 0.600. The standard InChI is InChI=1S/C15H25NO/c1-11(2)15(10-17-5)16-9-14-8-6-7-12(3)13(14)4/h6-8,11,15-16H,9-10H2,1-5H3. The summed E-state index contributed by atoms with van der Waals surface area (Å²) >= 11 is 0. The van der Waals surface area contributed by atoms with Crippen LogP contribution >= 0.6 is 0 Å². The van der Waals surface area contributed by atoms with Crippen molar-refractivity contribution in [1.82, 2.24) is 5.32 Å². The summed E-state index contributed by atoms with van der Waals surface area (Å²) in [4.78, 5) is 0. The number of benzene rings is 1. The monoisotopic (exact) mass is 235 g/mol. The van der Waals surface area contributed by atoms with Crippen molar-refractivity contribution in [3.8, 4) is 0 Å². The van der Waals surface area contributed by atoms with Crippen LogP contribution in [0.4, 0.5) is 0 Å². The van der Waals surface area contributed by atoms with Gasteiger partial charge < -0.3 is 10.1 Å². The van der Waals surface area contributed by atoms with Gasteiger partial charge in [-0.2, -0.15) is 0 Å². The first-order valence-electron chi connectivity index (χ1n) is 6.33. The number of hydrogen-bond donors (Lipinski definition) is 1. The first-order valence-corrected chi connectivity index (χ1v) is 6.33. The molecule has 2 heteroatoms. The minimum absolute atomic E-state index is 0.417. The molecular weight excluding hydrogens is 210 g/mol. The Labute approximate surface area is 105 Å². The number of nitrogens with one attached hydrogen (secondary N) is 1. The van der Waals surface area contributed by atoms with E-state index < -0.39 is 0 Å². The van der Waals surface area contributed by atoms with Gasteiger partial charge in [0, 0.05) is 19.7 Å². The third-order valence-corrected chi connectivity index (χ3v) is 3.42. The van der Waals surface area contributed by atoms with E-state index in [-0.39, 0.29) is 0 Å².